The van der Waals surface area contributed by atoms with Gasteiger partial charge in [0, 0.05) is 14.8 Å². The lowest BCUT2D eigenvalue weighted by Crippen LogP contribution is -1.86. The number of amides is 1. The molecule has 0 spiro atoms. The van der Waals surface area contributed by atoms with E-state index in [4.69, 9.17) is 17.1 Å². The van der Waals surface area contributed by atoms with Crippen LogP contribution in [0.15, 0.2) is 35.4 Å². The number of azide groups is 1. The Balaban J connectivity index is 2.40. The Morgan fingerprint density at radius 2 is 2.17 bits per heavy atom. The summed E-state index contributed by atoms with van der Waals surface area (Å²) >= 11 is 7.27. The third kappa shape index (κ3) is 2.71. The first kappa shape index (κ1) is 12.6. The van der Waals surface area contributed by atoms with E-state index >= 15 is 0 Å². The van der Waals surface area contributed by atoms with Gasteiger partial charge in [0.1, 0.15) is 0 Å². The third-order valence-corrected chi connectivity index (χ3v) is 3.62. The van der Waals surface area contributed by atoms with Gasteiger partial charge in [-0.3, -0.25) is 4.79 Å². The maximum atomic E-state index is 11.4. The summed E-state index contributed by atoms with van der Waals surface area (Å²) in [4.78, 5) is 15.2. The van der Waals surface area contributed by atoms with Gasteiger partial charge in [0.2, 0.25) is 0 Å². The van der Waals surface area contributed by atoms with E-state index in [9.17, 15) is 4.79 Å². The second-order valence-corrected chi connectivity index (χ2v) is 5.20. The standard InChI is InChI=1S/C12H8ClN3OS/c1-7-4-8(6-9(13)5-7)10-2-3-11(18-10)12(17)15-16-14/h2-6H,1H3. The lowest BCUT2D eigenvalue weighted by atomic mass is 10.1. The van der Waals surface area contributed by atoms with Crippen LogP contribution in [0.1, 0.15) is 15.2 Å². The van der Waals surface area contributed by atoms with Crippen molar-refractivity contribution in [1.82, 2.24) is 0 Å². The van der Waals surface area contributed by atoms with Gasteiger partial charge in [0.15, 0.2) is 0 Å². The molecule has 1 aromatic heterocycles. The molecule has 0 unspecified atom stereocenters. The van der Waals surface area contributed by atoms with Gasteiger partial charge in [0.25, 0.3) is 5.91 Å². The number of hydrogen-bond acceptors (Lipinski definition) is 2. The zero-order valence-electron chi connectivity index (χ0n) is 9.42. The predicted molar refractivity (Wildman–Crippen MR) is 73.0 cm³/mol. The van der Waals surface area contributed by atoms with Gasteiger partial charge in [-0.05, 0) is 53.0 Å². The summed E-state index contributed by atoms with van der Waals surface area (Å²) in [5.41, 5.74) is 10.2. The number of nitrogens with zero attached hydrogens (tertiary/aromatic N) is 3. The Kier molecular flexibility index (Phi) is 3.67. The van der Waals surface area contributed by atoms with Crippen LogP contribution in [0.5, 0.6) is 0 Å². The number of hydrogen-bond donors (Lipinski definition) is 0. The van der Waals surface area contributed by atoms with Gasteiger partial charge >= 0.3 is 0 Å². The van der Waals surface area contributed by atoms with E-state index in [1.807, 2.05) is 31.2 Å². The highest BCUT2D eigenvalue weighted by Crippen LogP contribution is 2.31. The number of benzene rings is 1. The van der Waals surface area contributed by atoms with Crippen molar-refractivity contribution in [3.8, 4) is 10.4 Å². The quantitative estimate of drug-likeness (QED) is 0.440. The van der Waals surface area contributed by atoms with Crippen LogP contribution in [0, 0.1) is 6.92 Å². The molecular weight excluding hydrogens is 270 g/mol. The maximum Gasteiger partial charge on any atom is 0.259 e. The van der Waals surface area contributed by atoms with Crippen LogP contribution in [0.3, 0.4) is 0 Å². The Bertz CT molecular complexity index is 639. The van der Waals surface area contributed by atoms with Crippen LogP contribution in [-0.4, -0.2) is 5.91 Å². The molecule has 6 heteroatoms. The SMILES string of the molecule is Cc1cc(Cl)cc(-c2ccc(C(=O)N=[N+]=[N-])s2)c1. The number of carbonyl (C=O) groups is 1. The van der Waals surface area contributed by atoms with Gasteiger partial charge in [-0.15, -0.1) is 11.3 Å². The zero-order valence-corrected chi connectivity index (χ0v) is 11.0. The molecule has 0 fully saturated rings. The Morgan fingerprint density at radius 3 is 2.83 bits per heavy atom. The second kappa shape index (κ2) is 5.23. The van der Waals surface area contributed by atoms with Crippen molar-refractivity contribution in [2.45, 2.75) is 6.92 Å². The molecule has 0 radical (unpaired) electrons. The van der Waals surface area contributed by atoms with Crippen molar-refractivity contribution in [3.05, 3.63) is 56.2 Å². The fourth-order valence-corrected chi connectivity index (χ4v) is 2.74. The average molecular weight is 278 g/mol. The third-order valence-electron chi connectivity index (χ3n) is 2.28. The monoisotopic (exact) mass is 277 g/mol. The van der Waals surface area contributed by atoms with E-state index in [1.54, 1.807) is 6.07 Å². The minimum atomic E-state index is -0.562. The van der Waals surface area contributed by atoms with Crippen molar-refractivity contribution < 1.29 is 4.79 Å². The normalized spacial score (nSPS) is 9.89. The Labute approximate surface area is 112 Å². The average Bonchev–Trinajstić information content (AvgIpc) is 2.77. The molecule has 0 saturated carbocycles. The van der Waals surface area contributed by atoms with Crippen molar-refractivity contribution in [3.63, 3.8) is 0 Å². The van der Waals surface area contributed by atoms with E-state index in [0.717, 1.165) is 16.0 Å². The number of halogens is 1. The minimum Gasteiger partial charge on any atom is -0.286 e. The molecule has 1 amide bonds. The molecule has 2 rings (SSSR count). The Morgan fingerprint density at radius 1 is 1.39 bits per heavy atom. The van der Waals surface area contributed by atoms with E-state index in [2.05, 4.69) is 10.0 Å². The summed E-state index contributed by atoms with van der Waals surface area (Å²) in [6.07, 6.45) is 0. The van der Waals surface area contributed by atoms with Crippen LogP contribution < -0.4 is 0 Å². The number of carbonyl (C=O) groups excluding carboxylic acids is 1. The van der Waals surface area contributed by atoms with Crippen LogP contribution in [-0.2, 0) is 0 Å². The van der Waals surface area contributed by atoms with Crippen molar-refractivity contribution in [2.24, 2.45) is 5.11 Å². The summed E-state index contributed by atoms with van der Waals surface area (Å²) in [5, 5.41) is 3.72. The zero-order chi connectivity index (χ0) is 13.1. The molecule has 18 heavy (non-hydrogen) atoms. The molecule has 0 aliphatic rings. The molecule has 0 bridgehead atoms. The van der Waals surface area contributed by atoms with Crippen molar-refractivity contribution in [1.29, 1.82) is 0 Å². The summed E-state index contributed by atoms with van der Waals surface area (Å²) in [6, 6.07) is 9.15. The van der Waals surface area contributed by atoms with Crippen LogP contribution in [0.25, 0.3) is 20.9 Å². The summed E-state index contributed by atoms with van der Waals surface area (Å²) in [7, 11) is 0. The van der Waals surface area contributed by atoms with Crippen molar-refractivity contribution >= 4 is 28.8 Å². The number of aryl methyl sites for hydroxylation is 1. The molecule has 2 aromatic rings. The van der Waals surface area contributed by atoms with Gasteiger partial charge < -0.3 is 0 Å². The van der Waals surface area contributed by atoms with E-state index in [1.165, 1.54) is 11.3 Å². The summed E-state index contributed by atoms with van der Waals surface area (Å²) in [5.74, 6) is -0.562. The van der Waals surface area contributed by atoms with Crippen LogP contribution in [0.2, 0.25) is 5.02 Å². The highest BCUT2D eigenvalue weighted by Gasteiger charge is 2.09. The van der Waals surface area contributed by atoms with Gasteiger partial charge in [-0.2, -0.15) is 0 Å². The highest BCUT2D eigenvalue weighted by molar-refractivity contribution is 7.17. The molecule has 0 N–H and O–H groups in total. The largest absolute Gasteiger partial charge is 0.286 e. The Hall–Kier alpha value is -1.81. The van der Waals surface area contributed by atoms with E-state index in [-0.39, 0.29) is 0 Å². The molecule has 4 nitrogen and oxygen atoms in total. The first-order chi connectivity index (χ1) is 8.60. The van der Waals surface area contributed by atoms with Crippen LogP contribution >= 0.6 is 22.9 Å². The van der Waals surface area contributed by atoms with Gasteiger partial charge in [0.05, 0.1) is 4.88 Å². The minimum absolute atomic E-state index is 0.417. The topological polar surface area (TPSA) is 65.8 Å². The highest BCUT2D eigenvalue weighted by atomic mass is 35.5. The lowest BCUT2D eigenvalue weighted by molar-refractivity contribution is 0.100. The smallest absolute Gasteiger partial charge is 0.259 e. The second-order valence-electron chi connectivity index (χ2n) is 3.68. The molecule has 1 heterocycles. The number of thiophene rings is 1. The van der Waals surface area contributed by atoms with Crippen LogP contribution in [0.4, 0.5) is 0 Å². The fraction of sp³-hybridized carbons (Fsp3) is 0.0833. The molecule has 0 aliphatic carbocycles. The predicted octanol–water partition coefficient (Wildman–Crippen LogP) is 4.83. The molecule has 90 valence electrons. The summed E-state index contributed by atoms with van der Waals surface area (Å²) in [6.45, 7) is 1.95. The van der Waals surface area contributed by atoms with E-state index < -0.39 is 5.91 Å². The van der Waals surface area contributed by atoms with Gasteiger partial charge in [-0.25, -0.2) is 0 Å². The molecule has 0 aliphatic heterocycles. The fourth-order valence-electron chi connectivity index (χ4n) is 1.58. The molecule has 0 saturated heterocycles. The first-order valence-corrected chi connectivity index (χ1v) is 6.26. The van der Waals surface area contributed by atoms with Crippen molar-refractivity contribution in [2.75, 3.05) is 0 Å². The first-order valence-electron chi connectivity index (χ1n) is 5.07. The van der Waals surface area contributed by atoms with Gasteiger partial charge in [-0.1, -0.05) is 17.7 Å². The molecular formula is C12H8ClN3OS. The number of rotatable bonds is 2. The van der Waals surface area contributed by atoms with E-state index in [0.29, 0.717) is 9.90 Å². The molecule has 0 atom stereocenters. The molecule has 1 aromatic carbocycles. The maximum absolute atomic E-state index is 11.4. The summed E-state index contributed by atoms with van der Waals surface area (Å²) < 4.78 is 0. The lowest BCUT2D eigenvalue weighted by Gasteiger charge is -2.00.